The van der Waals surface area contributed by atoms with E-state index in [0.29, 0.717) is 38.9 Å². The molecule has 0 aliphatic carbocycles. The van der Waals surface area contributed by atoms with Crippen molar-refractivity contribution in [3.63, 3.8) is 0 Å². The monoisotopic (exact) mass is 510 g/mol. The van der Waals surface area contributed by atoms with Crippen LogP contribution in [0.25, 0.3) is 6.08 Å². The molecule has 8 heteroatoms. The van der Waals surface area contributed by atoms with E-state index in [4.69, 9.17) is 25.8 Å². The summed E-state index contributed by atoms with van der Waals surface area (Å²) in [5.41, 5.74) is 2.14. The minimum Gasteiger partial charge on any atom is -0.488 e. The number of carbonyl (C=O) groups excluding carboxylic acids is 1. The third-order valence-electron chi connectivity index (χ3n) is 4.57. The van der Waals surface area contributed by atoms with E-state index >= 15 is 0 Å². The highest BCUT2D eigenvalue weighted by Gasteiger charge is 2.14. The smallest absolute Gasteiger partial charge is 0.266 e. The lowest BCUT2D eigenvalue weighted by atomic mass is 10.1. The summed E-state index contributed by atoms with van der Waals surface area (Å²) in [4.78, 5) is 12.4. The van der Waals surface area contributed by atoms with E-state index in [9.17, 15) is 10.1 Å². The first-order valence-electron chi connectivity index (χ1n) is 9.51. The van der Waals surface area contributed by atoms with Gasteiger partial charge in [-0.2, -0.15) is 5.26 Å². The fourth-order valence-corrected chi connectivity index (χ4v) is 3.60. The molecule has 0 spiro atoms. The maximum atomic E-state index is 12.4. The van der Waals surface area contributed by atoms with Crippen molar-refractivity contribution in [3.05, 3.63) is 86.9 Å². The van der Waals surface area contributed by atoms with E-state index in [2.05, 4.69) is 21.2 Å². The molecule has 1 amide bonds. The number of carbonyl (C=O) groups is 1. The molecule has 1 heterocycles. The topological polar surface area (TPSA) is 80.6 Å². The van der Waals surface area contributed by atoms with Crippen molar-refractivity contribution in [2.24, 2.45) is 0 Å². The second-order valence-corrected chi connectivity index (χ2v) is 8.09. The van der Waals surface area contributed by atoms with Crippen molar-refractivity contribution >= 4 is 45.2 Å². The first-order chi connectivity index (χ1) is 15.5. The fraction of sp³-hybridized carbons (Fsp3) is 0.0833. The average Bonchev–Trinajstić information content (AvgIpc) is 3.26. The molecule has 3 aromatic rings. The standard InChI is InChI=1S/C24H16BrClN2O4/c25-20-10-15(9-17(12-27)24(29)28-19-5-3-18(26)4-6-19)1-7-21(20)30-13-16-2-8-22-23(11-16)32-14-31-22/h1-11H,13-14H2,(H,28,29)/b17-9-. The number of benzene rings is 3. The zero-order valence-corrected chi connectivity index (χ0v) is 18.9. The number of hydrogen-bond donors (Lipinski definition) is 1. The number of ether oxygens (including phenoxy) is 3. The highest BCUT2D eigenvalue weighted by molar-refractivity contribution is 9.10. The lowest BCUT2D eigenvalue weighted by Gasteiger charge is -2.10. The Morgan fingerprint density at radius 2 is 1.91 bits per heavy atom. The largest absolute Gasteiger partial charge is 0.488 e. The van der Waals surface area contributed by atoms with Gasteiger partial charge < -0.3 is 19.5 Å². The Morgan fingerprint density at radius 3 is 2.66 bits per heavy atom. The normalized spacial score (nSPS) is 12.2. The van der Waals surface area contributed by atoms with E-state index < -0.39 is 5.91 Å². The van der Waals surface area contributed by atoms with Gasteiger partial charge in [0.15, 0.2) is 11.5 Å². The molecule has 0 unspecified atom stereocenters. The van der Waals surface area contributed by atoms with Gasteiger partial charge in [-0.25, -0.2) is 0 Å². The van der Waals surface area contributed by atoms with Crippen LogP contribution in [0.5, 0.6) is 17.2 Å². The first-order valence-corrected chi connectivity index (χ1v) is 10.7. The van der Waals surface area contributed by atoms with Crippen LogP contribution in [-0.4, -0.2) is 12.7 Å². The Bertz CT molecular complexity index is 1240. The van der Waals surface area contributed by atoms with Crippen molar-refractivity contribution in [1.82, 2.24) is 0 Å². The van der Waals surface area contributed by atoms with Crippen LogP contribution in [0.2, 0.25) is 5.02 Å². The highest BCUT2D eigenvalue weighted by atomic mass is 79.9. The summed E-state index contributed by atoms with van der Waals surface area (Å²) in [5, 5.41) is 12.7. The van der Waals surface area contributed by atoms with Gasteiger partial charge in [0.05, 0.1) is 4.47 Å². The summed E-state index contributed by atoms with van der Waals surface area (Å²) in [6.07, 6.45) is 1.51. The molecule has 1 aliphatic rings. The lowest BCUT2D eigenvalue weighted by Crippen LogP contribution is -2.13. The third-order valence-corrected chi connectivity index (χ3v) is 5.44. The summed E-state index contributed by atoms with van der Waals surface area (Å²) in [5.74, 6) is 1.55. The van der Waals surface area contributed by atoms with Gasteiger partial charge in [-0.15, -0.1) is 0 Å². The van der Waals surface area contributed by atoms with E-state index in [0.717, 1.165) is 11.3 Å². The quantitative estimate of drug-likeness (QED) is 0.326. The second-order valence-electron chi connectivity index (χ2n) is 6.80. The van der Waals surface area contributed by atoms with Crippen LogP contribution in [0.15, 0.2) is 70.7 Å². The minimum atomic E-state index is -0.505. The molecule has 160 valence electrons. The summed E-state index contributed by atoms with van der Waals surface area (Å²) in [6, 6.07) is 19.6. The van der Waals surface area contributed by atoms with Crippen LogP contribution in [0.1, 0.15) is 11.1 Å². The van der Waals surface area contributed by atoms with Gasteiger partial charge in [-0.1, -0.05) is 23.7 Å². The summed E-state index contributed by atoms with van der Waals surface area (Å²) >= 11 is 9.34. The van der Waals surface area contributed by atoms with Crippen molar-refractivity contribution in [2.45, 2.75) is 6.61 Å². The Morgan fingerprint density at radius 1 is 1.12 bits per heavy atom. The number of nitriles is 1. The summed E-state index contributed by atoms with van der Waals surface area (Å²) < 4.78 is 17.3. The first kappa shape index (κ1) is 21.8. The van der Waals surface area contributed by atoms with Crippen LogP contribution < -0.4 is 19.5 Å². The number of anilines is 1. The van der Waals surface area contributed by atoms with E-state index in [1.54, 1.807) is 42.5 Å². The predicted molar refractivity (Wildman–Crippen MR) is 125 cm³/mol. The lowest BCUT2D eigenvalue weighted by molar-refractivity contribution is -0.112. The fourth-order valence-electron chi connectivity index (χ4n) is 2.96. The Hall–Kier alpha value is -3.47. The highest BCUT2D eigenvalue weighted by Crippen LogP contribution is 2.33. The molecular formula is C24H16BrClN2O4. The molecule has 3 aromatic carbocycles. The van der Waals surface area contributed by atoms with Crippen LogP contribution in [-0.2, 0) is 11.4 Å². The van der Waals surface area contributed by atoms with Gasteiger partial charge in [-0.05, 0) is 81.7 Å². The SMILES string of the molecule is N#C/C(=C/c1ccc(OCc2ccc3c(c2)OCO3)c(Br)c1)C(=O)Nc1ccc(Cl)cc1. The summed E-state index contributed by atoms with van der Waals surface area (Å²) in [6.45, 7) is 0.569. The molecule has 1 aliphatic heterocycles. The molecule has 4 rings (SSSR count). The van der Waals surface area contributed by atoms with Crippen molar-refractivity contribution in [1.29, 1.82) is 5.26 Å². The van der Waals surface area contributed by atoms with Gasteiger partial charge in [0.25, 0.3) is 5.91 Å². The van der Waals surface area contributed by atoms with E-state index in [1.807, 2.05) is 24.3 Å². The molecule has 32 heavy (non-hydrogen) atoms. The zero-order chi connectivity index (χ0) is 22.5. The van der Waals surface area contributed by atoms with Crippen LogP contribution >= 0.6 is 27.5 Å². The van der Waals surface area contributed by atoms with Crippen LogP contribution in [0.3, 0.4) is 0 Å². The van der Waals surface area contributed by atoms with Gasteiger partial charge in [0.1, 0.15) is 24.0 Å². The Labute approximate surface area is 198 Å². The zero-order valence-electron chi connectivity index (χ0n) is 16.6. The molecule has 0 aromatic heterocycles. The molecule has 0 fully saturated rings. The number of rotatable bonds is 6. The molecule has 0 saturated heterocycles. The van der Waals surface area contributed by atoms with E-state index in [-0.39, 0.29) is 12.4 Å². The number of amides is 1. The molecule has 6 nitrogen and oxygen atoms in total. The summed E-state index contributed by atoms with van der Waals surface area (Å²) in [7, 11) is 0. The number of nitrogens with one attached hydrogen (secondary N) is 1. The second kappa shape index (κ2) is 9.77. The van der Waals surface area contributed by atoms with Gasteiger partial charge in [-0.3, -0.25) is 4.79 Å². The number of halogens is 2. The van der Waals surface area contributed by atoms with Crippen LogP contribution in [0, 0.1) is 11.3 Å². The van der Waals surface area contributed by atoms with Crippen molar-refractivity contribution < 1.29 is 19.0 Å². The van der Waals surface area contributed by atoms with E-state index in [1.165, 1.54) is 6.08 Å². The number of hydrogen-bond acceptors (Lipinski definition) is 5. The van der Waals surface area contributed by atoms with Crippen molar-refractivity contribution in [3.8, 4) is 23.3 Å². The molecular weight excluding hydrogens is 496 g/mol. The van der Waals surface area contributed by atoms with Gasteiger partial charge in [0, 0.05) is 10.7 Å². The molecule has 0 bridgehead atoms. The number of fused-ring (bicyclic) bond motifs is 1. The molecule has 0 saturated carbocycles. The van der Waals surface area contributed by atoms with Crippen molar-refractivity contribution in [2.75, 3.05) is 12.1 Å². The third kappa shape index (κ3) is 5.22. The predicted octanol–water partition coefficient (Wildman–Crippen LogP) is 5.96. The van der Waals surface area contributed by atoms with Crippen LogP contribution in [0.4, 0.5) is 5.69 Å². The Balaban J connectivity index is 1.43. The maximum Gasteiger partial charge on any atom is 0.266 e. The number of nitrogens with zero attached hydrogens (tertiary/aromatic N) is 1. The molecule has 1 N–H and O–H groups in total. The van der Waals surface area contributed by atoms with Gasteiger partial charge >= 0.3 is 0 Å². The molecule has 0 radical (unpaired) electrons. The average molecular weight is 512 g/mol. The minimum absolute atomic E-state index is 0.0270. The van der Waals surface area contributed by atoms with Gasteiger partial charge in [0.2, 0.25) is 6.79 Å². The maximum absolute atomic E-state index is 12.4. The molecule has 0 atom stereocenters. The Kier molecular flexibility index (Phi) is 6.64.